The monoisotopic (exact) mass is 274 g/mol. The molecule has 1 aromatic rings. The van der Waals surface area contributed by atoms with Gasteiger partial charge in [0.1, 0.15) is 5.75 Å². The third-order valence-electron chi connectivity index (χ3n) is 5.37. The van der Waals surface area contributed by atoms with Crippen LogP contribution in [0.3, 0.4) is 0 Å². The van der Waals surface area contributed by atoms with Crippen molar-refractivity contribution < 1.29 is 19.1 Å². The topological polar surface area (TPSA) is 52.6 Å². The second-order valence-electron chi connectivity index (χ2n) is 6.38. The highest BCUT2D eigenvalue weighted by Crippen LogP contribution is 2.65. The van der Waals surface area contributed by atoms with Crippen LogP contribution in [0, 0.1) is 10.8 Å². The maximum Gasteiger partial charge on any atom is 0.356 e. The molecule has 0 aromatic heterocycles. The minimum Gasteiger partial charge on any atom is -0.446 e. The normalized spacial score (nSPS) is 33.9. The van der Waals surface area contributed by atoms with Crippen LogP contribution in [-0.4, -0.2) is 17.5 Å². The van der Waals surface area contributed by atoms with Gasteiger partial charge in [0.25, 0.3) is 0 Å². The lowest BCUT2D eigenvalue weighted by Crippen LogP contribution is -2.50. The predicted molar refractivity (Wildman–Crippen MR) is 72.0 cm³/mol. The Hall–Kier alpha value is -1.84. The molecule has 2 atom stereocenters. The fraction of sp³-hybridized carbons (Fsp3) is 0.500. The van der Waals surface area contributed by atoms with Crippen LogP contribution in [0.25, 0.3) is 0 Å². The molecule has 20 heavy (non-hydrogen) atoms. The highest BCUT2D eigenvalue weighted by molar-refractivity contribution is 5.94. The van der Waals surface area contributed by atoms with Crippen LogP contribution >= 0.6 is 0 Å². The summed E-state index contributed by atoms with van der Waals surface area (Å²) >= 11 is 0. The standard InChI is InChI=1S/C16H18O4/c1-14(2)15(3)9-10-16(14,20-12(15)17)13(18)19-11-7-5-4-6-8-11/h4-8H,9-10H2,1-3H3/t15-,16+/m1/s1. The molecule has 2 bridgehead atoms. The van der Waals surface area contributed by atoms with Crippen LogP contribution in [0.4, 0.5) is 0 Å². The van der Waals surface area contributed by atoms with Crippen molar-refractivity contribution in [3.05, 3.63) is 30.3 Å². The highest BCUT2D eigenvalue weighted by Gasteiger charge is 2.76. The van der Waals surface area contributed by atoms with Gasteiger partial charge in [0, 0.05) is 5.41 Å². The molecule has 1 saturated heterocycles. The van der Waals surface area contributed by atoms with E-state index in [-0.39, 0.29) is 5.97 Å². The van der Waals surface area contributed by atoms with Crippen LogP contribution < -0.4 is 4.74 Å². The summed E-state index contributed by atoms with van der Waals surface area (Å²) in [5.74, 6) is -0.290. The Labute approximate surface area is 118 Å². The maximum atomic E-state index is 12.6. The van der Waals surface area contributed by atoms with Gasteiger partial charge in [-0.3, -0.25) is 4.79 Å². The molecular formula is C16H18O4. The zero-order valence-corrected chi connectivity index (χ0v) is 11.9. The van der Waals surface area contributed by atoms with Gasteiger partial charge in [-0.2, -0.15) is 0 Å². The van der Waals surface area contributed by atoms with Crippen LogP contribution in [0.1, 0.15) is 33.6 Å². The van der Waals surface area contributed by atoms with E-state index in [0.717, 1.165) is 0 Å². The van der Waals surface area contributed by atoms with Crippen molar-refractivity contribution in [1.29, 1.82) is 0 Å². The van der Waals surface area contributed by atoms with Crippen molar-refractivity contribution in [2.75, 3.05) is 0 Å². The number of hydrogen-bond donors (Lipinski definition) is 0. The van der Waals surface area contributed by atoms with Crippen LogP contribution in [-0.2, 0) is 14.3 Å². The van der Waals surface area contributed by atoms with E-state index in [2.05, 4.69) is 0 Å². The van der Waals surface area contributed by atoms with Crippen LogP contribution in [0.15, 0.2) is 30.3 Å². The van der Waals surface area contributed by atoms with Crippen molar-refractivity contribution in [2.45, 2.75) is 39.2 Å². The zero-order valence-electron chi connectivity index (χ0n) is 11.9. The third-order valence-corrected chi connectivity index (χ3v) is 5.37. The SMILES string of the molecule is CC1(C)[C@@]2(C(=O)Oc3ccccc3)CC[C@]1(C)C(=O)O2. The largest absolute Gasteiger partial charge is 0.446 e. The lowest BCUT2D eigenvalue weighted by Gasteiger charge is -2.34. The molecule has 3 rings (SSSR count). The summed E-state index contributed by atoms with van der Waals surface area (Å²) in [6, 6.07) is 8.87. The molecule has 0 N–H and O–H groups in total. The number of hydrogen-bond acceptors (Lipinski definition) is 4. The van der Waals surface area contributed by atoms with E-state index in [1.807, 2.05) is 26.8 Å². The van der Waals surface area contributed by atoms with Crippen molar-refractivity contribution >= 4 is 11.9 Å². The van der Waals surface area contributed by atoms with Crippen molar-refractivity contribution in [2.24, 2.45) is 10.8 Å². The van der Waals surface area contributed by atoms with Gasteiger partial charge in [-0.05, 0) is 31.9 Å². The molecule has 4 nitrogen and oxygen atoms in total. The number of carbonyl (C=O) groups excluding carboxylic acids is 2. The van der Waals surface area contributed by atoms with E-state index in [1.54, 1.807) is 24.3 Å². The molecule has 106 valence electrons. The summed E-state index contributed by atoms with van der Waals surface area (Å²) in [6.45, 7) is 5.70. The lowest BCUT2D eigenvalue weighted by atomic mass is 9.66. The minimum atomic E-state index is -1.16. The predicted octanol–water partition coefficient (Wildman–Crippen LogP) is 2.71. The number of esters is 2. The molecular weight excluding hydrogens is 256 g/mol. The molecule has 0 amide bonds. The van der Waals surface area contributed by atoms with E-state index < -0.39 is 22.4 Å². The van der Waals surface area contributed by atoms with E-state index in [4.69, 9.17) is 9.47 Å². The van der Waals surface area contributed by atoms with Crippen LogP contribution in [0.2, 0.25) is 0 Å². The summed E-state index contributed by atoms with van der Waals surface area (Å²) in [5.41, 5.74) is -2.33. The molecule has 0 unspecified atom stereocenters. The Kier molecular flexibility index (Phi) is 2.53. The number of rotatable bonds is 2. The summed E-state index contributed by atoms with van der Waals surface area (Å²) in [4.78, 5) is 24.7. The number of carbonyl (C=O) groups is 2. The number of ether oxygens (including phenoxy) is 2. The maximum absolute atomic E-state index is 12.6. The van der Waals surface area contributed by atoms with Gasteiger partial charge >= 0.3 is 11.9 Å². The second-order valence-corrected chi connectivity index (χ2v) is 6.38. The van der Waals surface area contributed by atoms with Gasteiger partial charge in [-0.15, -0.1) is 0 Å². The lowest BCUT2D eigenvalue weighted by molar-refractivity contribution is -0.176. The summed E-state index contributed by atoms with van der Waals surface area (Å²) in [7, 11) is 0. The van der Waals surface area contributed by atoms with Gasteiger partial charge in [0.05, 0.1) is 5.41 Å². The average Bonchev–Trinajstić information content (AvgIpc) is 2.70. The van der Waals surface area contributed by atoms with E-state index in [1.165, 1.54) is 0 Å². The molecule has 4 heteroatoms. The first kappa shape index (κ1) is 13.2. The highest BCUT2D eigenvalue weighted by atomic mass is 16.6. The number of fused-ring (bicyclic) bond motifs is 2. The average molecular weight is 274 g/mol. The molecule has 2 fully saturated rings. The number of benzene rings is 1. The smallest absolute Gasteiger partial charge is 0.356 e. The molecule has 2 aliphatic rings. The van der Waals surface area contributed by atoms with E-state index >= 15 is 0 Å². The van der Waals surface area contributed by atoms with Gasteiger partial charge in [-0.1, -0.05) is 32.0 Å². The van der Waals surface area contributed by atoms with Gasteiger partial charge in [0.2, 0.25) is 5.60 Å². The Morgan fingerprint density at radius 3 is 2.30 bits per heavy atom. The Morgan fingerprint density at radius 1 is 1.15 bits per heavy atom. The molecule has 0 spiro atoms. The first-order valence-electron chi connectivity index (χ1n) is 6.84. The molecule has 0 radical (unpaired) electrons. The van der Waals surface area contributed by atoms with Crippen LogP contribution in [0.5, 0.6) is 5.75 Å². The van der Waals surface area contributed by atoms with E-state index in [9.17, 15) is 9.59 Å². The third kappa shape index (κ3) is 1.37. The Bertz CT molecular complexity index is 577. The van der Waals surface area contributed by atoms with Gasteiger partial charge in [-0.25, -0.2) is 4.79 Å². The summed E-state index contributed by atoms with van der Waals surface area (Å²) in [6.07, 6.45) is 1.18. The van der Waals surface area contributed by atoms with Crippen molar-refractivity contribution in [1.82, 2.24) is 0 Å². The van der Waals surface area contributed by atoms with Crippen molar-refractivity contribution in [3.8, 4) is 5.75 Å². The Morgan fingerprint density at radius 2 is 1.80 bits per heavy atom. The summed E-state index contributed by atoms with van der Waals surface area (Å²) in [5, 5.41) is 0. The molecule has 1 saturated carbocycles. The fourth-order valence-corrected chi connectivity index (χ4v) is 3.38. The molecule has 1 aliphatic heterocycles. The molecule has 1 aliphatic carbocycles. The first-order valence-corrected chi connectivity index (χ1v) is 6.84. The minimum absolute atomic E-state index is 0.293. The molecule has 1 heterocycles. The quantitative estimate of drug-likeness (QED) is 0.614. The first-order chi connectivity index (χ1) is 9.33. The number of para-hydroxylation sites is 1. The second kappa shape index (κ2) is 3.84. The molecule has 1 aromatic carbocycles. The van der Waals surface area contributed by atoms with Gasteiger partial charge < -0.3 is 9.47 Å². The van der Waals surface area contributed by atoms with E-state index in [0.29, 0.717) is 18.6 Å². The fourth-order valence-electron chi connectivity index (χ4n) is 3.38. The Balaban J connectivity index is 1.94. The summed E-state index contributed by atoms with van der Waals surface area (Å²) < 4.78 is 10.9. The van der Waals surface area contributed by atoms with Gasteiger partial charge in [0.15, 0.2) is 0 Å². The zero-order chi connectivity index (χ0) is 14.6. The van der Waals surface area contributed by atoms with Crippen molar-refractivity contribution in [3.63, 3.8) is 0 Å².